The summed E-state index contributed by atoms with van der Waals surface area (Å²) >= 11 is 0. The fraction of sp³-hybridized carbons (Fsp3) is 0.500. The van der Waals surface area contributed by atoms with Crippen LogP contribution >= 0.6 is 21.6 Å². The number of rotatable bonds is 3. The number of aliphatic imine (C=N–C) groups is 1. The number of dihydropyridines is 1. The summed E-state index contributed by atoms with van der Waals surface area (Å²) in [5, 5.41) is 0.294. The standard InChI is InChI=1S/C6H10N2S2/c7-5-9-10-6-3-1-2-4-8-6/h1,3-4,6H,2,5,7H2. The Kier molecular flexibility index (Phi) is 3.94. The molecule has 0 saturated heterocycles. The van der Waals surface area contributed by atoms with E-state index in [1.807, 2.05) is 6.21 Å². The zero-order valence-electron chi connectivity index (χ0n) is 5.56. The molecule has 0 radical (unpaired) electrons. The van der Waals surface area contributed by atoms with Crippen molar-refractivity contribution in [2.75, 3.05) is 5.88 Å². The van der Waals surface area contributed by atoms with Crippen LogP contribution in [0.5, 0.6) is 0 Å². The highest BCUT2D eigenvalue weighted by Crippen LogP contribution is 2.27. The molecule has 0 aromatic rings. The zero-order chi connectivity index (χ0) is 7.23. The van der Waals surface area contributed by atoms with E-state index in [9.17, 15) is 0 Å². The van der Waals surface area contributed by atoms with Gasteiger partial charge in [0.15, 0.2) is 0 Å². The van der Waals surface area contributed by atoms with Crippen LogP contribution in [0.3, 0.4) is 0 Å². The average molecular weight is 174 g/mol. The Morgan fingerprint density at radius 2 is 2.60 bits per heavy atom. The first kappa shape index (κ1) is 8.17. The number of nitrogens with zero attached hydrogens (tertiary/aromatic N) is 1. The normalized spacial score (nSPS) is 23.5. The maximum Gasteiger partial charge on any atom is 0.123 e. The number of hydrogen-bond donors (Lipinski definition) is 1. The molecule has 1 rings (SSSR count). The molecule has 1 aliphatic rings. The summed E-state index contributed by atoms with van der Waals surface area (Å²) in [6.45, 7) is 0. The maximum absolute atomic E-state index is 5.31. The van der Waals surface area contributed by atoms with Gasteiger partial charge in [-0.1, -0.05) is 33.7 Å². The summed E-state index contributed by atoms with van der Waals surface area (Å²) in [6, 6.07) is 0. The van der Waals surface area contributed by atoms with Crippen molar-refractivity contribution in [2.45, 2.75) is 11.8 Å². The Labute approximate surface area is 68.7 Å². The minimum atomic E-state index is 0.294. The van der Waals surface area contributed by atoms with E-state index in [0.29, 0.717) is 11.3 Å². The molecule has 0 amide bonds. The van der Waals surface area contributed by atoms with Crippen LogP contribution in [0, 0.1) is 0 Å². The third-order valence-electron chi connectivity index (χ3n) is 1.03. The molecule has 1 heterocycles. The SMILES string of the molecule is NCSSC1C=CCC=N1. The van der Waals surface area contributed by atoms with Gasteiger partial charge in [0.1, 0.15) is 5.37 Å². The number of allylic oxidation sites excluding steroid dienone is 1. The second-order valence-electron chi connectivity index (χ2n) is 1.77. The minimum absolute atomic E-state index is 0.294. The van der Waals surface area contributed by atoms with Crippen LogP contribution in [0.15, 0.2) is 17.1 Å². The van der Waals surface area contributed by atoms with E-state index in [1.54, 1.807) is 21.6 Å². The predicted octanol–water partition coefficient (Wildman–Crippen LogP) is 1.64. The maximum atomic E-state index is 5.31. The van der Waals surface area contributed by atoms with Gasteiger partial charge in [0, 0.05) is 18.5 Å². The Balaban J connectivity index is 2.20. The lowest BCUT2D eigenvalue weighted by atomic mass is 10.3. The average Bonchev–Trinajstić information content (AvgIpc) is 2.03. The zero-order valence-corrected chi connectivity index (χ0v) is 7.20. The Bertz CT molecular complexity index is 133. The van der Waals surface area contributed by atoms with Crippen LogP contribution in [0.4, 0.5) is 0 Å². The van der Waals surface area contributed by atoms with Crippen LogP contribution in [0.1, 0.15) is 6.42 Å². The molecule has 1 unspecified atom stereocenters. The number of nitrogens with two attached hydrogens (primary N) is 1. The van der Waals surface area contributed by atoms with Crippen molar-refractivity contribution in [3.63, 3.8) is 0 Å². The molecule has 10 heavy (non-hydrogen) atoms. The Hall–Kier alpha value is 0.0700. The first-order valence-corrected chi connectivity index (χ1v) is 5.48. The summed E-state index contributed by atoms with van der Waals surface area (Å²) in [7, 11) is 3.35. The van der Waals surface area contributed by atoms with Gasteiger partial charge in [-0.25, -0.2) is 0 Å². The highest BCUT2D eigenvalue weighted by Gasteiger charge is 2.02. The molecule has 1 atom stereocenters. The highest BCUT2D eigenvalue weighted by atomic mass is 33.1. The van der Waals surface area contributed by atoms with E-state index in [-0.39, 0.29) is 0 Å². The first-order chi connectivity index (χ1) is 4.93. The molecule has 1 aliphatic heterocycles. The first-order valence-electron chi connectivity index (χ1n) is 3.10. The van der Waals surface area contributed by atoms with Gasteiger partial charge in [0.25, 0.3) is 0 Å². The molecule has 0 aromatic carbocycles. The van der Waals surface area contributed by atoms with Gasteiger partial charge >= 0.3 is 0 Å². The molecule has 0 aromatic heterocycles. The monoisotopic (exact) mass is 174 g/mol. The molecule has 0 saturated carbocycles. The van der Waals surface area contributed by atoms with Gasteiger partial charge < -0.3 is 5.73 Å². The van der Waals surface area contributed by atoms with Crippen LogP contribution < -0.4 is 5.73 Å². The van der Waals surface area contributed by atoms with Crippen molar-refractivity contribution >= 4 is 27.8 Å². The molecular weight excluding hydrogens is 164 g/mol. The van der Waals surface area contributed by atoms with Gasteiger partial charge in [0.2, 0.25) is 0 Å². The Morgan fingerprint density at radius 3 is 3.20 bits per heavy atom. The van der Waals surface area contributed by atoms with Crippen molar-refractivity contribution in [3.8, 4) is 0 Å². The summed E-state index contributed by atoms with van der Waals surface area (Å²) in [5.74, 6) is 0.657. The fourth-order valence-corrected chi connectivity index (χ4v) is 2.16. The van der Waals surface area contributed by atoms with Gasteiger partial charge in [-0.05, 0) is 0 Å². The lowest BCUT2D eigenvalue weighted by Crippen LogP contribution is -1.98. The molecule has 4 heteroatoms. The summed E-state index contributed by atoms with van der Waals surface area (Å²) in [4.78, 5) is 4.24. The van der Waals surface area contributed by atoms with Crippen LogP contribution in [0.25, 0.3) is 0 Å². The van der Waals surface area contributed by atoms with Crippen molar-refractivity contribution in [1.82, 2.24) is 0 Å². The third-order valence-corrected chi connectivity index (χ3v) is 3.19. The molecule has 0 spiro atoms. The second-order valence-corrected chi connectivity index (χ2v) is 4.30. The smallest absolute Gasteiger partial charge is 0.123 e. The quantitative estimate of drug-likeness (QED) is 0.401. The molecule has 56 valence electrons. The molecule has 0 fully saturated rings. The molecule has 2 N–H and O–H groups in total. The van der Waals surface area contributed by atoms with Gasteiger partial charge in [-0.15, -0.1) is 0 Å². The molecular formula is C6H10N2S2. The molecule has 0 aliphatic carbocycles. The van der Waals surface area contributed by atoms with Gasteiger partial charge in [-0.2, -0.15) is 0 Å². The van der Waals surface area contributed by atoms with E-state index >= 15 is 0 Å². The predicted molar refractivity (Wildman–Crippen MR) is 50.3 cm³/mol. The lowest BCUT2D eigenvalue weighted by Gasteiger charge is -2.07. The largest absolute Gasteiger partial charge is 0.321 e. The molecule has 0 bridgehead atoms. The Morgan fingerprint density at radius 1 is 1.70 bits per heavy atom. The lowest BCUT2D eigenvalue weighted by molar-refractivity contribution is 1.13. The summed E-state index contributed by atoms with van der Waals surface area (Å²) in [6.07, 6.45) is 7.15. The van der Waals surface area contributed by atoms with Crippen molar-refractivity contribution < 1.29 is 0 Å². The number of hydrogen-bond acceptors (Lipinski definition) is 4. The fourth-order valence-electron chi connectivity index (χ4n) is 0.636. The highest BCUT2D eigenvalue weighted by molar-refractivity contribution is 8.77. The van der Waals surface area contributed by atoms with Crippen molar-refractivity contribution in [1.29, 1.82) is 0 Å². The van der Waals surface area contributed by atoms with E-state index in [2.05, 4.69) is 17.1 Å². The van der Waals surface area contributed by atoms with Crippen molar-refractivity contribution in [2.24, 2.45) is 10.7 Å². The van der Waals surface area contributed by atoms with Gasteiger partial charge in [-0.3, -0.25) is 4.99 Å². The van der Waals surface area contributed by atoms with E-state index in [4.69, 9.17) is 5.73 Å². The van der Waals surface area contributed by atoms with E-state index in [1.165, 1.54) is 0 Å². The summed E-state index contributed by atoms with van der Waals surface area (Å²) < 4.78 is 0. The van der Waals surface area contributed by atoms with Crippen LogP contribution in [0.2, 0.25) is 0 Å². The second kappa shape index (κ2) is 4.82. The minimum Gasteiger partial charge on any atom is -0.321 e. The third kappa shape index (κ3) is 2.77. The molecule has 2 nitrogen and oxygen atoms in total. The van der Waals surface area contributed by atoms with E-state index < -0.39 is 0 Å². The van der Waals surface area contributed by atoms with Crippen LogP contribution in [-0.2, 0) is 0 Å². The van der Waals surface area contributed by atoms with E-state index in [0.717, 1.165) is 6.42 Å². The van der Waals surface area contributed by atoms with Crippen LogP contribution in [-0.4, -0.2) is 17.5 Å². The van der Waals surface area contributed by atoms with Crippen molar-refractivity contribution in [3.05, 3.63) is 12.2 Å². The summed E-state index contributed by atoms with van der Waals surface area (Å²) in [5.41, 5.74) is 5.31. The topological polar surface area (TPSA) is 38.4 Å². The van der Waals surface area contributed by atoms with Gasteiger partial charge in [0.05, 0.1) is 0 Å².